The van der Waals surface area contributed by atoms with Crippen molar-refractivity contribution in [2.24, 2.45) is 5.10 Å². The first kappa shape index (κ1) is 20.3. The van der Waals surface area contributed by atoms with E-state index in [9.17, 15) is 9.90 Å². The van der Waals surface area contributed by atoms with E-state index in [0.717, 1.165) is 25.0 Å². The number of nitrogens with one attached hydrogen (secondary N) is 1. The van der Waals surface area contributed by atoms with Crippen LogP contribution in [0.5, 0.6) is 17.2 Å². The monoisotopic (exact) mass is 370 g/mol. The first-order chi connectivity index (χ1) is 13.1. The molecule has 0 fully saturated rings. The molecule has 0 saturated heterocycles. The summed E-state index contributed by atoms with van der Waals surface area (Å²) in [7, 11) is 0. The van der Waals surface area contributed by atoms with Gasteiger partial charge in [-0.2, -0.15) is 5.10 Å². The van der Waals surface area contributed by atoms with E-state index in [0.29, 0.717) is 17.9 Å². The summed E-state index contributed by atoms with van der Waals surface area (Å²) < 4.78 is 11.3. The molecule has 0 saturated carbocycles. The van der Waals surface area contributed by atoms with Gasteiger partial charge in [-0.1, -0.05) is 31.9 Å². The number of phenols is 1. The molecule has 0 aliphatic heterocycles. The van der Waals surface area contributed by atoms with E-state index in [1.54, 1.807) is 43.3 Å². The lowest BCUT2D eigenvalue weighted by Gasteiger charge is -2.13. The molecule has 0 heterocycles. The molecule has 0 spiro atoms. The Hall–Kier alpha value is -3.02. The molecule has 1 unspecified atom stereocenters. The molecule has 1 atom stereocenters. The minimum atomic E-state index is -0.720. The number of aromatic hydroxyl groups is 1. The fourth-order valence-corrected chi connectivity index (χ4v) is 2.27. The average Bonchev–Trinajstić information content (AvgIpc) is 2.68. The van der Waals surface area contributed by atoms with Gasteiger partial charge in [-0.25, -0.2) is 5.43 Å². The summed E-state index contributed by atoms with van der Waals surface area (Å²) in [5.74, 6) is 1.06. The quantitative estimate of drug-likeness (QED) is 0.378. The van der Waals surface area contributed by atoms with Gasteiger partial charge in [0, 0.05) is 5.56 Å². The molecule has 27 heavy (non-hydrogen) atoms. The molecule has 2 aromatic carbocycles. The average molecular weight is 370 g/mol. The maximum absolute atomic E-state index is 12.1. The first-order valence-corrected chi connectivity index (χ1v) is 9.10. The van der Waals surface area contributed by atoms with Gasteiger partial charge in [0.15, 0.2) is 6.10 Å². The lowest BCUT2D eigenvalue weighted by molar-refractivity contribution is -0.127. The van der Waals surface area contributed by atoms with E-state index in [4.69, 9.17) is 9.47 Å². The normalized spacial score (nSPS) is 11.9. The van der Waals surface area contributed by atoms with E-state index in [1.807, 2.05) is 12.1 Å². The predicted octanol–water partition coefficient (Wildman–Crippen LogP) is 3.88. The molecule has 0 aromatic heterocycles. The van der Waals surface area contributed by atoms with Gasteiger partial charge < -0.3 is 14.6 Å². The molecule has 2 aromatic rings. The Morgan fingerprint density at radius 1 is 1.15 bits per heavy atom. The van der Waals surface area contributed by atoms with Crippen LogP contribution in [0.2, 0.25) is 0 Å². The maximum atomic E-state index is 12.1. The molecule has 6 nitrogen and oxygen atoms in total. The summed E-state index contributed by atoms with van der Waals surface area (Å²) in [6, 6.07) is 13.9. The minimum absolute atomic E-state index is 0.0943. The lowest BCUT2D eigenvalue weighted by atomic mass is 10.2. The van der Waals surface area contributed by atoms with Crippen molar-refractivity contribution in [2.75, 3.05) is 6.61 Å². The van der Waals surface area contributed by atoms with Crippen LogP contribution in [0.25, 0.3) is 0 Å². The summed E-state index contributed by atoms with van der Waals surface area (Å²) in [5, 5.41) is 13.5. The van der Waals surface area contributed by atoms with E-state index in [-0.39, 0.29) is 11.7 Å². The number of unbranched alkanes of at least 4 members (excludes halogenated alkanes) is 2. The van der Waals surface area contributed by atoms with Gasteiger partial charge in [0.25, 0.3) is 5.91 Å². The number of hydrogen-bond acceptors (Lipinski definition) is 5. The van der Waals surface area contributed by atoms with Gasteiger partial charge in [0.1, 0.15) is 17.2 Å². The molecule has 0 radical (unpaired) electrons. The summed E-state index contributed by atoms with van der Waals surface area (Å²) in [5.41, 5.74) is 2.91. The molecule has 0 aliphatic carbocycles. The van der Waals surface area contributed by atoms with Crippen LogP contribution in [-0.2, 0) is 4.79 Å². The van der Waals surface area contributed by atoms with Crippen LogP contribution in [0.1, 0.15) is 38.7 Å². The summed E-state index contributed by atoms with van der Waals surface area (Å²) >= 11 is 0. The van der Waals surface area contributed by atoms with Gasteiger partial charge in [-0.3, -0.25) is 4.79 Å². The Morgan fingerprint density at radius 2 is 1.85 bits per heavy atom. The first-order valence-electron chi connectivity index (χ1n) is 9.10. The molecule has 144 valence electrons. The molecule has 2 rings (SSSR count). The molecule has 1 amide bonds. The van der Waals surface area contributed by atoms with Crippen molar-refractivity contribution in [3.63, 3.8) is 0 Å². The third-order valence-corrected chi connectivity index (χ3v) is 3.84. The molecular formula is C21H26N2O4. The van der Waals surface area contributed by atoms with Crippen LogP contribution in [0.3, 0.4) is 0 Å². The van der Waals surface area contributed by atoms with Crippen LogP contribution in [-0.4, -0.2) is 29.9 Å². The van der Waals surface area contributed by atoms with E-state index in [2.05, 4.69) is 17.5 Å². The number of hydrazone groups is 1. The van der Waals surface area contributed by atoms with E-state index >= 15 is 0 Å². The van der Waals surface area contributed by atoms with Crippen molar-refractivity contribution in [3.05, 3.63) is 54.1 Å². The SMILES string of the molecule is CCCCCOc1ccc(OC(C)C(=O)NN=Cc2ccccc2O)cc1. The smallest absolute Gasteiger partial charge is 0.280 e. The highest BCUT2D eigenvalue weighted by molar-refractivity contribution is 5.86. The highest BCUT2D eigenvalue weighted by Gasteiger charge is 2.14. The van der Waals surface area contributed by atoms with Gasteiger partial charge in [0.2, 0.25) is 0 Å². The number of benzene rings is 2. The molecule has 6 heteroatoms. The standard InChI is InChI=1S/C21H26N2O4/c1-3-4-7-14-26-18-10-12-19(13-11-18)27-16(2)21(25)23-22-15-17-8-5-6-9-20(17)24/h5-6,8-13,15-16,24H,3-4,7,14H2,1-2H3,(H,23,25). The molecular weight excluding hydrogens is 344 g/mol. The second-order valence-corrected chi connectivity index (χ2v) is 6.08. The summed E-state index contributed by atoms with van der Waals surface area (Å²) in [6.07, 6.45) is 4.01. The van der Waals surface area contributed by atoms with Gasteiger partial charge in [-0.15, -0.1) is 0 Å². The fourth-order valence-electron chi connectivity index (χ4n) is 2.27. The van der Waals surface area contributed by atoms with Crippen LogP contribution >= 0.6 is 0 Å². The Morgan fingerprint density at radius 3 is 2.56 bits per heavy atom. The third-order valence-electron chi connectivity index (χ3n) is 3.84. The fraction of sp³-hybridized carbons (Fsp3) is 0.333. The molecule has 2 N–H and O–H groups in total. The molecule has 0 bridgehead atoms. The molecule has 0 aliphatic rings. The zero-order chi connectivity index (χ0) is 19.5. The number of para-hydroxylation sites is 1. The number of nitrogens with zero attached hydrogens (tertiary/aromatic N) is 1. The zero-order valence-corrected chi connectivity index (χ0v) is 15.7. The third kappa shape index (κ3) is 7.01. The Balaban J connectivity index is 1.79. The maximum Gasteiger partial charge on any atom is 0.280 e. The largest absolute Gasteiger partial charge is 0.507 e. The van der Waals surface area contributed by atoms with Gasteiger partial charge >= 0.3 is 0 Å². The van der Waals surface area contributed by atoms with Crippen molar-refractivity contribution in [3.8, 4) is 17.2 Å². The number of ether oxygens (including phenoxy) is 2. The topological polar surface area (TPSA) is 80.2 Å². The van der Waals surface area contributed by atoms with E-state index < -0.39 is 6.10 Å². The van der Waals surface area contributed by atoms with Crippen molar-refractivity contribution in [2.45, 2.75) is 39.2 Å². The highest BCUT2D eigenvalue weighted by Crippen LogP contribution is 2.19. The van der Waals surface area contributed by atoms with Crippen molar-refractivity contribution in [1.29, 1.82) is 0 Å². The van der Waals surface area contributed by atoms with Crippen molar-refractivity contribution in [1.82, 2.24) is 5.43 Å². The predicted molar refractivity (Wildman–Crippen MR) is 105 cm³/mol. The van der Waals surface area contributed by atoms with Crippen molar-refractivity contribution >= 4 is 12.1 Å². The van der Waals surface area contributed by atoms with Crippen LogP contribution in [0.15, 0.2) is 53.6 Å². The number of carbonyl (C=O) groups excluding carboxylic acids is 1. The van der Waals surface area contributed by atoms with Crippen LogP contribution in [0.4, 0.5) is 0 Å². The number of rotatable bonds is 10. The lowest BCUT2D eigenvalue weighted by Crippen LogP contribution is -2.33. The number of hydrogen-bond donors (Lipinski definition) is 2. The number of phenolic OH excluding ortho intramolecular Hbond substituents is 1. The zero-order valence-electron chi connectivity index (χ0n) is 15.7. The second kappa shape index (κ2) is 10.9. The second-order valence-electron chi connectivity index (χ2n) is 6.08. The Kier molecular flexibility index (Phi) is 8.16. The van der Waals surface area contributed by atoms with Gasteiger partial charge in [-0.05, 0) is 49.7 Å². The number of carbonyl (C=O) groups is 1. The summed E-state index contributed by atoms with van der Waals surface area (Å²) in [6.45, 7) is 4.49. The van der Waals surface area contributed by atoms with Crippen LogP contribution < -0.4 is 14.9 Å². The van der Waals surface area contributed by atoms with Crippen molar-refractivity contribution < 1.29 is 19.4 Å². The van der Waals surface area contributed by atoms with E-state index in [1.165, 1.54) is 6.21 Å². The summed E-state index contributed by atoms with van der Waals surface area (Å²) in [4.78, 5) is 12.1. The minimum Gasteiger partial charge on any atom is -0.507 e. The van der Waals surface area contributed by atoms with Crippen LogP contribution in [0, 0.1) is 0 Å². The van der Waals surface area contributed by atoms with Gasteiger partial charge in [0.05, 0.1) is 12.8 Å². The Bertz CT molecular complexity index is 744. The highest BCUT2D eigenvalue weighted by atomic mass is 16.5. The number of amides is 1. The Labute approximate surface area is 159 Å².